The molecular formula is C9H18ClNO2. The lowest BCUT2D eigenvalue weighted by atomic mass is 10.3. The van der Waals surface area contributed by atoms with Crippen LogP contribution in [0.4, 0.5) is 0 Å². The molecule has 0 fully saturated rings. The third-order valence-electron chi connectivity index (χ3n) is 1.55. The van der Waals surface area contributed by atoms with Gasteiger partial charge >= 0.3 is 0 Å². The van der Waals surface area contributed by atoms with Crippen LogP contribution < -0.4 is 0 Å². The van der Waals surface area contributed by atoms with Gasteiger partial charge in [-0.05, 0) is 7.05 Å². The van der Waals surface area contributed by atoms with Gasteiger partial charge in [0.15, 0.2) is 0 Å². The predicted molar refractivity (Wildman–Crippen MR) is 55.2 cm³/mol. The van der Waals surface area contributed by atoms with E-state index < -0.39 is 6.10 Å². The number of ether oxygens (including phenoxy) is 1. The number of aliphatic hydroxyl groups is 1. The molecule has 1 N–H and O–H groups in total. The molecule has 0 saturated heterocycles. The largest absolute Gasteiger partial charge is 0.389 e. The molecular weight excluding hydrogens is 190 g/mol. The molecule has 78 valence electrons. The second kappa shape index (κ2) is 8.51. The van der Waals surface area contributed by atoms with E-state index >= 15 is 0 Å². The molecule has 1 atom stereocenters. The average molecular weight is 208 g/mol. The third-order valence-corrected chi connectivity index (χ3v) is 1.73. The Morgan fingerprint density at radius 2 is 2.23 bits per heavy atom. The Kier molecular flexibility index (Phi) is 8.45. The van der Waals surface area contributed by atoms with E-state index in [0.717, 1.165) is 6.54 Å². The van der Waals surface area contributed by atoms with E-state index in [9.17, 15) is 5.11 Å². The van der Waals surface area contributed by atoms with Crippen molar-refractivity contribution in [2.75, 3.05) is 39.7 Å². The molecule has 3 nitrogen and oxygen atoms in total. The van der Waals surface area contributed by atoms with E-state index in [2.05, 4.69) is 0 Å². The van der Waals surface area contributed by atoms with Crippen LogP contribution in [0.25, 0.3) is 0 Å². The minimum atomic E-state index is -0.417. The Labute approximate surface area is 84.9 Å². The number of likely N-dealkylation sites (N-methyl/N-ethyl adjacent to an activating group) is 1. The highest BCUT2D eigenvalue weighted by atomic mass is 35.5. The van der Waals surface area contributed by atoms with Crippen LogP contribution in [0.15, 0.2) is 12.2 Å². The number of hydrogen-bond acceptors (Lipinski definition) is 3. The van der Waals surface area contributed by atoms with E-state index in [1.54, 1.807) is 7.11 Å². The number of alkyl halides is 1. The molecule has 13 heavy (non-hydrogen) atoms. The molecule has 1 unspecified atom stereocenters. The number of hydrogen-bond donors (Lipinski definition) is 1. The molecule has 0 heterocycles. The highest BCUT2D eigenvalue weighted by Crippen LogP contribution is 1.91. The lowest BCUT2D eigenvalue weighted by Gasteiger charge is -2.18. The minimum Gasteiger partial charge on any atom is -0.389 e. The van der Waals surface area contributed by atoms with Crippen molar-refractivity contribution >= 4 is 11.6 Å². The van der Waals surface area contributed by atoms with E-state index in [-0.39, 0.29) is 0 Å². The van der Waals surface area contributed by atoms with Crippen LogP contribution in [0.3, 0.4) is 0 Å². The second-order valence-electron chi connectivity index (χ2n) is 2.96. The fraction of sp³-hybridized carbons (Fsp3) is 0.778. The minimum absolute atomic E-state index is 0.379. The van der Waals surface area contributed by atoms with Gasteiger partial charge in [0.05, 0.1) is 12.7 Å². The maximum Gasteiger partial charge on any atom is 0.0900 e. The van der Waals surface area contributed by atoms with E-state index in [4.69, 9.17) is 16.3 Å². The zero-order chi connectivity index (χ0) is 10.1. The van der Waals surface area contributed by atoms with Crippen molar-refractivity contribution < 1.29 is 9.84 Å². The number of allylic oxidation sites excluding steroid dienone is 1. The number of halogens is 1. The van der Waals surface area contributed by atoms with Gasteiger partial charge in [0.25, 0.3) is 0 Å². The van der Waals surface area contributed by atoms with Gasteiger partial charge in [0, 0.05) is 26.1 Å². The number of nitrogens with zero attached hydrogens (tertiary/aromatic N) is 1. The monoisotopic (exact) mass is 207 g/mol. The number of rotatable bonds is 7. The summed E-state index contributed by atoms with van der Waals surface area (Å²) < 4.78 is 4.81. The maximum absolute atomic E-state index is 9.36. The SMILES string of the molecule is COCC(O)CN(C)CC=CCCl. The Hall–Kier alpha value is -0.0900. The molecule has 0 bridgehead atoms. The van der Waals surface area contributed by atoms with Gasteiger partial charge < -0.3 is 14.7 Å². The van der Waals surface area contributed by atoms with Crippen molar-refractivity contribution in [3.05, 3.63) is 12.2 Å². The number of methoxy groups -OCH3 is 1. The lowest BCUT2D eigenvalue weighted by Crippen LogP contribution is -2.32. The van der Waals surface area contributed by atoms with E-state index in [1.165, 1.54) is 0 Å². The summed E-state index contributed by atoms with van der Waals surface area (Å²) in [6, 6.07) is 0. The van der Waals surface area contributed by atoms with Crippen LogP contribution in [-0.4, -0.2) is 55.8 Å². The molecule has 0 aromatic heterocycles. The van der Waals surface area contributed by atoms with Crippen molar-refractivity contribution in [3.8, 4) is 0 Å². The van der Waals surface area contributed by atoms with Crippen LogP contribution in [0.1, 0.15) is 0 Å². The molecule has 0 radical (unpaired) electrons. The van der Waals surface area contributed by atoms with Gasteiger partial charge in [-0.25, -0.2) is 0 Å². The van der Waals surface area contributed by atoms with Crippen molar-refractivity contribution in [2.45, 2.75) is 6.10 Å². The molecule has 0 aliphatic carbocycles. The fourth-order valence-corrected chi connectivity index (χ4v) is 1.12. The zero-order valence-corrected chi connectivity index (χ0v) is 9.00. The summed E-state index contributed by atoms with van der Waals surface area (Å²) in [6.45, 7) is 1.79. The Balaban J connectivity index is 3.48. The highest BCUT2D eigenvalue weighted by Gasteiger charge is 2.05. The Bertz CT molecular complexity index is 142. The van der Waals surface area contributed by atoms with Crippen molar-refractivity contribution in [3.63, 3.8) is 0 Å². The Morgan fingerprint density at radius 1 is 1.54 bits per heavy atom. The standard InChI is InChI=1S/C9H18ClNO2/c1-11(6-4-3-5-10)7-9(12)8-13-2/h3-4,9,12H,5-8H2,1-2H3. The molecule has 0 aliphatic rings. The summed E-state index contributed by atoms with van der Waals surface area (Å²) >= 11 is 5.47. The summed E-state index contributed by atoms with van der Waals surface area (Å²) in [7, 11) is 3.52. The summed E-state index contributed by atoms with van der Waals surface area (Å²) in [5.74, 6) is 0.536. The van der Waals surface area contributed by atoms with Gasteiger partial charge in [-0.15, -0.1) is 11.6 Å². The van der Waals surface area contributed by atoms with Gasteiger partial charge in [0.1, 0.15) is 0 Å². The molecule has 0 spiro atoms. The normalized spacial score (nSPS) is 14.2. The average Bonchev–Trinajstić information content (AvgIpc) is 2.05. The van der Waals surface area contributed by atoms with Crippen LogP contribution in [-0.2, 0) is 4.74 Å². The van der Waals surface area contributed by atoms with E-state index in [1.807, 2.05) is 24.1 Å². The lowest BCUT2D eigenvalue weighted by molar-refractivity contribution is 0.0454. The maximum atomic E-state index is 9.36. The number of aliphatic hydroxyl groups excluding tert-OH is 1. The van der Waals surface area contributed by atoms with Crippen molar-refractivity contribution in [1.29, 1.82) is 0 Å². The quantitative estimate of drug-likeness (QED) is 0.493. The summed E-state index contributed by atoms with van der Waals surface area (Å²) in [6.07, 6.45) is 3.45. The molecule has 0 aromatic carbocycles. The van der Waals surface area contributed by atoms with Crippen LogP contribution >= 0.6 is 11.6 Å². The van der Waals surface area contributed by atoms with Gasteiger partial charge in [-0.1, -0.05) is 12.2 Å². The topological polar surface area (TPSA) is 32.7 Å². The first kappa shape index (κ1) is 12.9. The first-order chi connectivity index (χ1) is 6.20. The van der Waals surface area contributed by atoms with Crippen LogP contribution in [0.5, 0.6) is 0 Å². The van der Waals surface area contributed by atoms with E-state index in [0.29, 0.717) is 19.0 Å². The smallest absolute Gasteiger partial charge is 0.0900 e. The predicted octanol–water partition coefficient (Wildman–Crippen LogP) is 0.721. The van der Waals surface area contributed by atoms with Gasteiger partial charge in [-0.3, -0.25) is 0 Å². The molecule has 4 heteroatoms. The van der Waals surface area contributed by atoms with Crippen LogP contribution in [0, 0.1) is 0 Å². The molecule has 0 rings (SSSR count). The van der Waals surface area contributed by atoms with Crippen LogP contribution in [0.2, 0.25) is 0 Å². The zero-order valence-electron chi connectivity index (χ0n) is 8.24. The van der Waals surface area contributed by atoms with Gasteiger partial charge in [-0.2, -0.15) is 0 Å². The fourth-order valence-electron chi connectivity index (χ4n) is 0.997. The summed E-state index contributed by atoms with van der Waals surface area (Å²) in [5, 5.41) is 9.36. The highest BCUT2D eigenvalue weighted by molar-refractivity contribution is 6.18. The first-order valence-corrected chi connectivity index (χ1v) is 4.80. The van der Waals surface area contributed by atoms with Crippen molar-refractivity contribution in [2.24, 2.45) is 0 Å². The summed E-state index contributed by atoms with van der Waals surface area (Å²) in [5.41, 5.74) is 0. The second-order valence-corrected chi connectivity index (χ2v) is 3.26. The first-order valence-electron chi connectivity index (χ1n) is 4.27. The van der Waals surface area contributed by atoms with Gasteiger partial charge in [0.2, 0.25) is 0 Å². The third kappa shape index (κ3) is 8.25. The Morgan fingerprint density at radius 3 is 2.77 bits per heavy atom. The van der Waals surface area contributed by atoms with Crippen molar-refractivity contribution in [1.82, 2.24) is 4.90 Å². The molecule has 0 saturated carbocycles. The molecule has 0 aromatic rings. The molecule has 0 amide bonds. The molecule has 0 aliphatic heterocycles. The summed E-state index contributed by atoms with van der Waals surface area (Å²) in [4.78, 5) is 2.01.